The molecule has 10 N–H and O–H groups in total. The van der Waals surface area contributed by atoms with Crippen molar-refractivity contribution in [2.24, 2.45) is 11.8 Å². The first-order valence-corrected chi connectivity index (χ1v) is 26.8. The Morgan fingerprint density at radius 2 is 1.09 bits per heavy atom. The number of unbranched alkanes of at least 4 members (excludes halogenated alkanes) is 1. The highest BCUT2D eigenvalue weighted by molar-refractivity contribution is 6.03. The van der Waals surface area contributed by atoms with Gasteiger partial charge < -0.3 is 56.6 Å². The third-order valence-electron chi connectivity index (χ3n) is 14.4. The van der Waals surface area contributed by atoms with E-state index < -0.39 is 66.0 Å². The lowest BCUT2D eigenvalue weighted by atomic mass is 9.81. The Hall–Kier alpha value is -7.41. The summed E-state index contributed by atoms with van der Waals surface area (Å²) >= 11 is 0. The van der Waals surface area contributed by atoms with Gasteiger partial charge in [-0.05, 0) is 96.9 Å². The van der Waals surface area contributed by atoms with Crippen LogP contribution in [0.2, 0.25) is 0 Å². The zero-order chi connectivity index (χ0) is 57.4. The molecule has 2 fully saturated rings. The van der Waals surface area contributed by atoms with Crippen LogP contribution in [0.25, 0.3) is 21.5 Å². The molecule has 3 aromatic carbocycles. The van der Waals surface area contributed by atoms with Crippen LogP contribution in [-0.4, -0.2) is 214 Å². The number of allylic oxidation sites excluding steroid dienone is 1. The normalized spacial score (nSPS) is 18.4. The van der Waals surface area contributed by atoms with Crippen LogP contribution in [-0.2, 0) is 49.5 Å². The monoisotopic (exact) mass is 1100 g/mol. The van der Waals surface area contributed by atoms with Gasteiger partial charge >= 0.3 is 35.9 Å². The third kappa shape index (κ3) is 21.7. The Balaban J connectivity index is 1.17. The third-order valence-corrected chi connectivity index (χ3v) is 14.4. The number of hydrogen-bond donors (Lipinski definition) is 10. The van der Waals surface area contributed by atoms with Crippen molar-refractivity contribution in [1.82, 2.24) is 40.9 Å². The zero-order valence-electron chi connectivity index (χ0n) is 44.5. The number of aliphatic hydroxyl groups excluding tert-OH is 1. The van der Waals surface area contributed by atoms with Crippen molar-refractivity contribution in [3.05, 3.63) is 72.5 Å². The summed E-state index contributed by atoms with van der Waals surface area (Å²) in [6, 6.07) is 15.2. The SMILES string of the molecule is C=C(O)CCC[C@@H](OC(=O)N[C@@H](CCCCNC(=O)[C@H](Cc1c2ccccc2cc2ccccc12)NC(=O)C1CCC(CNC(=O)CN2CCN(CC(=O)O)CCN(CC(=O)O)CCN(CC(=O)O)CC2)CC1)C(=O)O)C(=O)O. The van der Waals surface area contributed by atoms with Gasteiger partial charge in [0.2, 0.25) is 23.8 Å². The number of alkyl carbamates (subject to hydrolysis) is 1. The predicted molar refractivity (Wildman–Crippen MR) is 289 cm³/mol. The Bertz CT molecular complexity index is 2520. The van der Waals surface area contributed by atoms with Gasteiger partial charge in [0.05, 0.1) is 31.9 Å². The van der Waals surface area contributed by atoms with E-state index in [9.17, 15) is 73.8 Å². The molecular weight excluding hydrogens is 1030 g/mol. The molecule has 0 spiro atoms. The predicted octanol–water partition coefficient (Wildman–Crippen LogP) is 2.58. The number of carbonyl (C=O) groups is 9. The Morgan fingerprint density at radius 3 is 1.57 bits per heavy atom. The zero-order valence-corrected chi connectivity index (χ0v) is 44.5. The summed E-state index contributed by atoms with van der Waals surface area (Å²) in [4.78, 5) is 120. The topological polar surface area (TPSA) is 345 Å². The number of nitrogens with zero attached hydrogens (tertiary/aromatic N) is 4. The van der Waals surface area contributed by atoms with Gasteiger partial charge in [0.1, 0.15) is 12.1 Å². The molecule has 3 atom stereocenters. The maximum atomic E-state index is 14.2. The van der Waals surface area contributed by atoms with Gasteiger partial charge in [0.15, 0.2) is 0 Å². The van der Waals surface area contributed by atoms with Gasteiger partial charge in [0.25, 0.3) is 0 Å². The van der Waals surface area contributed by atoms with Crippen LogP contribution in [0.5, 0.6) is 0 Å². The Morgan fingerprint density at radius 1 is 0.582 bits per heavy atom. The number of fused-ring (bicyclic) bond motifs is 2. The molecule has 0 unspecified atom stereocenters. The first-order valence-electron chi connectivity index (χ1n) is 26.8. The number of aliphatic carboxylic acids is 5. The average Bonchev–Trinajstić information content (AvgIpc) is 3.39. The fourth-order valence-electron chi connectivity index (χ4n) is 10.1. The molecule has 0 aromatic heterocycles. The first kappa shape index (κ1) is 62.4. The van der Waals surface area contributed by atoms with Crippen molar-refractivity contribution in [3.8, 4) is 0 Å². The van der Waals surface area contributed by atoms with Crippen LogP contribution >= 0.6 is 0 Å². The number of benzene rings is 3. The molecular formula is C55H76N8O16. The summed E-state index contributed by atoms with van der Waals surface area (Å²) in [5, 5.41) is 72.1. The minimum absolute atomic E-state index is 0.0291. The molecule has 24 heteroatoms. The lowest BCUT2D eigenvalue weighted by Crippen LogP contribution is -2.50. The second kappa shape index (κ2) is 31.9. The number of nitrogens with one attached hydrogen (secondary N) is 4. The number of carboxylic acid groups (broad SMARTS) is 5. The van der Waals surface area contributed by atoms with Crippen LogP contribution in [0.3, 0.4) is 0 Å². The molecule has 0 bridgehead atoms. The molecule has 1 aliphatic carbocycles. The number of aliphatic hydroxyl groups is 1. The summed E-state index contributed by atoms with van der Waals surface area (Å²) in [5.74, 6) is -7.51. The van der Waals surface area contributed by atoms with Crippen molar-refractivity contribution in [1.29, 1.82) is 0 Å². The van der Waals surface area contributed by atoms with E-state index in [2.05, 4.69) is 33.9 Å². The number of amides is 4. The maximum Gasteiger partial charge on any atom is 0.408 e. The molecule has 432 valence electrons. The minimum atomic E-state index is -1.57. The first-order chi connectivity index (χ1) is 37.7. The Kier molecular flexibility index (Phi) is 25.2. The Labute approximate surface area is 458 Å². The van der Waals surface area contributed by atoms with Crippen molar-refractivity contribution >= 4 is 75.2 Å². The van der Waals surface area contributed by atoms with Crippen LogP contribution < -0.4 is 21.3 Å². The number of hydrogen-bond acceptors (Lipinski definition) is 15. The van der Waals surface area contributed by atoms with E-state index in [0.717, 1.165) is 27.1 Å². The van der Waals surface area contributed by atoms with Gasteiger partial charge in [-0.2, -0.15) is 0 Å². The molecule has 5 rings (SSSR count). The number of carbonyl (C=O) groups excluding carboxylic acids is 4. The quantitative estimate of drug-likeness (QED) is 0.0284. The molecule has 24 nitrogen and oxygen atoms in total. The minimum Gasteiger partial charge on any atom is -0.513 e. The highest BCUT2D eigenvalue weighted by atomic mass is 16.6. The maximum absolute atomic E-state index is 14.2. The standard InChI is InChI=1S/C55H76N8O16/c1-36(64)9-8-15-46(54(76)77)79-55(78)59-44(53(74)75)14-6-7-20-56-52(73)45(30-43-41-12-4-2-10-39(41)29-40-11-3-5-13-42(40)43)58-51(72)38-18-16-37(17-19-38)31-57-47(65)32-60-21-23-61(33-48(66)67)25-27-63(35-50(70)71)28-26-62(24-22-60)34-49(68)69/h2-5,10-13,29,37-38,44-46,64H,1,6-9,14-28,30-35H2,(H,56,73)(H,57,65)(H,58,72)(H,59,78)(H,66,67)(H,68,69)(H,70,71)(H,74,75)(H,76,77)/t37?,38?,44-,45-,46+/m0/s1. The molecule has 1 saturated carbocycles. The summed E-state index contributed by atoms with van der Waals surface area (Å²) in [5.41, 5.74) is 0.868. The van der Waals surface area contributed by atoms with Gasteiger partial charge in [0, 0.05) is 84.2 Å². The summed E-state index contributed by atoms with van der Waals surface area (Å²) in [6.07, 6.45) is 0.137. The highest BCUT2D eigenvalue weighted by Crippen LogP contribution is 2.31. The second-order valence-electron chi connectivity index (χ2n) is 20.4. The van der Waals surface area contributed by atoms with Crippen molar-refractivity contribution in [2.45, 2.75) is 88.8 Å². The number of carboxylic acids is 5. The van der Waals surface area contributed by atoms with Crippen molar-refractivity contribution in [3.63, 3.8) is 0 Å². The number of rotatable bonds is 28. The summed E-state index contributed by atoms with van der Waals surface area (Å²) in [7, 11) is 0. The molecule has 1 heterocycles. The van der Waals surface area contributed by atoms with Crippen LogP contribution in [0, 0.1) is 11.8 Å². The van der Waals surface area contributed by atoms with Gasteiger partial charge in [-0.1, -0.05) is 55.1 Å². The van der Waals surface area contributed by atoms with Crippen LogP contribution in [0.4, 0.5) is 4.79 Å². The molecule has 1 aliphatic heterocycles. The smallest absolute Gasteiger partial charge is 0.408 e. The summed E-state index contributed by atoms with van der Waals surface area (Å²) < 4.78 is 4.96. The lowest BCUT2D eigenvalue weighted by Gasteiger charge is -2.33. The molecule has 79 heavy (non-hydrogen) atoms. The van der Waals surface area contributed by atoms with E-state index in [0.29, 0.717) is 51.7 Å². The largest absolute Gasteiger partial charge is 0.513 e. The van der Waals surface area contributed by atoms with Crippen molar-refractivity contribution < 1.29 is 78.5 Å². The van der Waals surface area contributed by atoms with Crippen molar-refractivity contribution in [2.75, 3.05) is 91.6 Å². The molecule has 4 amide bonds. The van der Waals surface area contributed by atoms with E-state index in [-0.39, 0.29) is 134 Å². The number of ether oxygens (including phenoxy) is 1. The highest BCUT2D eigenvalue weighted by Gasteiger charge is 2.32. The van der Waals surface area contributed by atoms with E-state index in [1.165, 1.54) is 0 Å². The van der Waals surface area contributed by atoms with E-state index in [1.54, 1.807) is 14.7 Å². The van der Waals surface area contributed by atoms with E-state index >= 15 is 0 Å². The van der Waals surface area contributed by atoms with Crippen LogP contribution in [0.15, 0.2) is 66.9 Å². The van der Waals surface area contributed by atoms with E-state index in [4.69, 9.17) is 4.74 Å². The average molecular weight is 1110 g/mol. The fourth-order valence-corrected chi connectivity index (χ4v) is 10.1. The fraction of sp³-hybridized carbons (Fsp3) is 0.545. The van der Waals surface area contributed by atoms with E-state index in [1.807, 2.05) is 53.4 Å². The van der Waals surface area contributed by atoms with Gasteiger partial charge in [-0.3, -0.25) is 48.4 Å². The second-order valence-corrected chi connectivity index (χ2v) is 20.4. The molecule has 1 saturated heterocycles. The summed E-state index contributed by atoms with van der Waals surface area (Å²) in [6.45, 7) is 5.06. The van der Waals surface area contributed by atoms with Crippen LogP contribution in [0.1, 0.15) is 69.8 Å². The lowest BCUT2D eigenvalue weighted by molar-refractivity contribution is -0.147. The molecule has 3 aromatic rings. The molecule has 0 radical (unpaired) electrons. The van der Waals surface area contributed by atoms with Gasteiger partial charge in [-0.15, -0.1) is 0 Å². The van der Waals surface area contributed by atoms with Gasteiger partial charge in [-0.25, -0.2) is 14.4 Å². The molecule has 2 aliphatic rings.